The van der Waals surface area contributed by atoms with E-state index >= 15 is 0 Å². The van der Waals surface area contributed by atoms with Crippen LogP contribution in [0.4, 0.5) is 0 Å². The minimum absolute atomic E-state index is 0.216. The highest BCUT2D eigenvalue weighted by Gasteiger charge is 2.02. The monoisotopic (exact) mass is 213 g/mol. The summed E-state index contributed by atoms with van der Waals surface area (Å²) in [5.74, 6) is -1.10. The molecule has 0 saturated heterocycles. The maximum absolute atomic E-state index is 11.1. The average molecular weight is 213 g/mol. The Labute approximate surface area is 90.5 Å². The molecule has 0 rings (SSSR count). The van der Waals surface area contributed by atoms with Gasteiger partial charge in [0, 0.05) is 11.6 Å². The van der Waals surface area contributed by atoms with Crippen LogP contribution >= 0.6 is 0 Å². The molecule has 0 aliphatic heterocycles. The third-order valence-corrected chi connectivity index (χ3v) is 1.97. The van der Waals surface area contributed by atoms with Gasteiger partial charge in [0.15, 0.2) is 0 Å². The Hall–Kier alpha value is -1.32. The molecule has 0 saturated carbocycles. The van der Waals surface area contributed by atoms with Gasteiger partial charge in [0.1, 0.15) is 0 Å². The number of ether oxygens (including phenoxy) is 1. The molecule has 4 heteroatoms. The highest BCUT2D eigenvalue weighted by Crippen LogP contribution is 2.00. The van der Waals surface area contributed by atoms with Crippen molar-refractivity contribution in [1.29, 1.82) is 0 Å². The molecule has 0 heterocycles. The number of amides is 1. The quantitative estimate of drug-likeness (QED) is 0.396. The van der Waals surface area contributed by atoms with E-state index in [1.807, 2.05) is 0 Å². The fourth-order valence-corrected chi connectivity index (χ4v) is 0.991. The predicted molar refractivity (Wildman–Crippen MR) is 58.1 cm³/mol. The zero-order valence-electron chi connectivity index (χ0n) is 9.41. The molecule has 86 valence electrons. The largest absolute Gasteiger partial charge is 0.463 e. The summed E-state index contributed by atoms with van der Waals surface area (Å²) < 4.78 is 4.89. The Morgan fingerprint density at radius 1 is 1.27 bits per heavy atom. The number of carbonyl (C=O) groups is 2. The maximum atomic E-state index is 11.1. The minimum Gasteiger partial charge on any atom is -0.463 e. The summed E-state index contributed by atoms with van der Waals surface area (Å²) in [5.41, 5.74) is 5.18. The van der Waals surface area contributed by atoms with Crippen molar-refractivity contribution in [3.63, 3.8) is 0 Å². The van der Waals surface area contributed by atoms with E-state index in [0.717, 1.165) is 31.8 Å². The van der Waals surface area contributed by atoms with Gasteiger partial charge in [-0.05, 0) is 13.3 Å². The molecule has 4 nitrogen and oxygen atoms in total. The van der Waals surface area contributed by atoms with E-state index in [0.29, 0.717) is 6.61 Å². The molecule has 0 aliphatic rings. The molecule has 0 aromatic heterocycles. The van der Waals surface area contributed by atoms with Crippen molar-refractivity contribution < 1.29 is 14.3 Å². The molecule has 0 unspecified atom stereocenters. The number of primary amides is 1. The van der Waals surface area contributed by atoms with E-state index in [1.54, 1.807) is 0 Å². The van der Waals surface area contributed by atoms with E-state index in [9.17, 15) is 9.59 Å². The summed E-state index contributed by atoms with van der Waals surface area (Å²) in [5, 5.41) is 0. The molecule has 0 atom stereocenters. The van der Waals surface area contributed by atoms with Gasteiger partial charge < -0.3 is 10.5 Å². The van der Waals surface area contributed by atoms with Crippen LogP contribution in [0.25, 0.3) is 0 Å². The van der Waals surface area contributed by atoms with Gasteiger partial charge in [0.2, 0.25) is 5.91 Å². The normalized spacial score (nSPS) is 11.2. The van der Waals surface area contributed by atoms with Gasteiger partial charge in [-0.25, -0.2) is 4.79 Å². The van der Waals surface area contributed by atoms with Crippen molar-refractivity contribution in [2.24, 2.45) is 5.73 Å². The first-order chi connectivity index (χ1) is 7.07. The first-order valence-electron chi connectivity index (χ1n) is 5.22. The zero-order valence-corrected chi connectivity index (χ0v) is 9.41. The van der Waals surface area contributed by atoms with Crippen LogP contribution in [0.1, 0.15) is 39.5 Å². The van der Waals surface area contributed by atoms with Gasteiger partial charge in [-0.3, -0.25) is 4.79 Å². The third kappa shape index (κ3) is 7.73. The number of esters is 1. The second-order valence-electron chi connectivity index (χ2n) is 3.42. The van der Waals surface area contributed by atoms with E-state index in [2.05, 4.69) is 6.92 Å². The van der Waals surface area contributed by atoms with Crippen LogP contribution in [-0.4, -0.2) is 18.5 Å². The van der Waals surface area contributed by atoms with Gasteiger partial charge in [-0.15, -0.1) is 0 Å². The standard InChI is InChI=1S/C11H19NO3/c1-3-4-5-6-7-15-10(13)8-9(2)11(12)14/h8H,3-7H2,1-2H3,(H2,12,14)/b9-8-. The summed E-state index contributed by atoms with van der Waals surface area (Å²) in [7, 11) is 0. The van der Waals surface area contributed by atoms with Gasteiger partial charge >= 0.3 is 5.97 Å². The molecule has 0 spiro atoms. The van der Waals surface area contributed by atoms with E-state index in [4.69, 9.17) is 10.5 Å². The molecule has 15 heavy (non-hydrogen) atoms. The number of carbonyl (C=O) groups excluding carboxylic acids is 2. The summed E-state index contributed by atoms with van der Waals surface area (Å²) >= 11 is 0. The first kappa shape index (κ1) is 13.7. The van der Waals surface area contributed by atoms with Crippen LogP contribution < -0.4 is 5.73 Å². The molecular weight excluding hydrogens is 194 g/mol. The zero-order chi connectivity index (χ0) is 11.7. The lowest BCUT2D eigenvalue weighted by Gasteiger charge is -2.01. The van der Waals surface area contributed by atoms with Gasteiger partial charge in [-0.1, -0.05) is 26.2 Å². The van der Waals surface area contributed by atoms with Crippen molar-refractivity contribution in [1.82, 2.24) is 0 Å². The molecular formula is C11H19NO3. The number of rotatable bonds is 7. The predicted octanol–water partition coefficient (Wildman–Crippen LogP) is 1.54. The lowest BCUT2D eigenvalue weighted by molar-refractivity contribution is -0.138. The lowest BCUT2D eigenvalue weighted by atomic mass is 10.2. The summed E-state index contributed by atoms with van der Waals surface area (Å²) in [4.78, 5) is 21.7. The smallest absolute Gasteiger partial charge is 0.331 e. The van der Waals surface area contributed by atoms with E-state index in [1.165, 1.54) is 6.92 Å². The summed E-state index contributed by atoms with van der Waals surface area (Å²) in [6.07, 6.45) is 5.34. The second-order valence-corrected chi connectivity index (χ2v) is 3.42. The Bertz CT molecular complexity index is 246. The van der Waals surface area contributed by atoms with Crippen LogP contribution in [0.3, 0.4) is 0 Å². The Balaban J connectivity index is 3.66. The van der Waals surface area contributed by atoms with E-state index in [-0.39, 0.29) is 5.57 Å². The number of hydrogen-bond donors (Lipinski definition) is 1. The third-order valence-electron chi connectivity index (χ3n) is 1.97. The van der Waals surface area contributed by atoms with Crippen molar-refractivity contribution in [2.75, 3.05) is 6.61 Å². The van der Waals surface area contributed by atoms with Gasteiger partial charge in [-0.2, -0.15) is 0 Å². The van der Waals surface area contributed by atoms with E-state index < -0.39 is 11.9 Å². The summed E-state index contributed by atoms with van der Waals surface area (Å²) in [6, 6.07) is 0. The molecule has 0 bridgehead atoms. The van der Waals surface area contributed by atoms with Crippen molar-refractivity contribution in [3.8, 4) is 0 Å². The van der Waals surface area contributed by atoms with Crippen LogP contribution in [0.5, 0.6) is 0 Å². The number of unbranched alkanes of at least 4 members (excludes halogenated alkanes) is 3. The fraction of sp³-hybridized carbons (Fsp3) is 0.636. The first-order valence-corrected chi connectivity index (χ1v) is 5.22. The second kappa shape index (κ2) is 8.03. The van der Waals surface area contributed by atoms with Gasteiger partial charge in [0.25, 0.3) is 0 Å². The van der Waals surface area contributed by atoms with Crippen LogP contribution in [0.15, 0.2) is 11.6 Å². The van der Waals surface area contributed by atoms with Gasteiger partial charge in [0.05, 0.1) is 6.61 Å². The molecule has 0 radical (unpaired) electrons. The minimum atomic E-state index is -0.599. The SMILES string of the molecule is CCCCCCOC(=O)/C=C(/C)C(N)=O. The molecule has 0 aromatic carbocycles. The molecule has 0 fully saturated rings. The maximum Gasteiger partial charge on any atom is 0.331 e. The summed E-state index contributed by atoms with van der Waals surface area (Å²) in [6.45, 7) is 4.01. The molecule has 0 aliphatic carbocycles. The van der Waals surface area contributed by atoms with Crippen LogP contribution in [-0.2, 0) is 14.3 Å². The average Bonchev–Trinajstić information content (AvgIpc) is 2.17. The Morgan fingerprint density at radius 3 is 2.47 bits per heavy atom. The molecule has 0 aromatic rings. The van der Waals surface area contributed by atoms with Crippen LogP contribution in [0.2, 0.25) is 0 Å². The molecule has 2 N–H and O–H groups in total. The highest BCUT2D eigenvalue weighted by atomic mass is 16.5. The molecule has 1 amide bonds. The fourth-order valence-electron chi connectivity index (χ4n) is 0.991. The topological polar surface area (TPSA) is 69.4 Å². The Morgan fingerprint density at radius 2 is 1.93 bits per heavy atom. The van der Waals surface area contributed by atoms with Crippen molar-refractivity contribution in [3.05, 3.63) is 11.6 Å². The lowest BCUT2D eigenvalue weighted by Crippen LogP contribution is -2.14. The van der Waals surface area contributed by atoms with Crippen molar-refractivity contribution >= 4 is 11.9 Å². The van der Waals surface area contributed by atoms with Crippen LogP contribution in [0, 0.1) is 0 Å². The van der Waals surface area contributed by atoms with Crippen molar-refractivity contribution in [2.45, 2.75) is 39.5 Å². The number of hydrogen-bond acceptors (Lipinski definition) is 3. The number of nitrogens with two attached hydrogens (primary N) is 1. The Kier molecular flexibility index (Phi) is 7.32. The highest BCUT2D eigenvalue weighted by molar-refractivity contribution is 5.97.